The van der Waals surface area contributed by atoms with Gasteiger partial charge >= 0.3 is 5.63 Å². The molecule has 0 atom stereocenters. The number of nitrogens with zero attached hydrogens (tertiary/aromatic N) is 1. The fourth-order valence-electron chi connectivity index (χ4n) is 2.66. The minimum absolute atomic E-state index is 0.0302. The molecule has 0 spiro atoms. The van der Waals surface area contributed by atoms with Crippen molar-refractivity contribution in [2.75, 3.05) is 14.2 Å². The molecule has 0 fully saturated rings. The lowest BCUT2D eigenvalue weighted by molar-refractivity contribution is -0.384. The number of non-ortho nitro benzene ring substituents is 1. The Morgan fingerprint density at radius 1 is 1.14 bits per heavy atom. The lowest BCUT2D eigenvalue weighted by atomic mass is 10.1. The first-order chi connectivity index (χ1) is 13.4. The number of rotatable bonds is 6. The molecule has 0 saturated heterocycles. The van der Waals surface area contributed by atoms with Gasteiger partial charge in [0.2, 0.25) is 0 Å². The summed E-state index contributed by atoms with van der Waals surface area (Å²) in [5.41, 5.74) is -0.354. The number of amides is 1. The van der Waals surface area contributed by atoms with Gasteiger partial charge in [0.05, 0.1) is 24.5 Å². The quantitative estimate of drug-likeness (QED) is 0.512. The molecule has 0 radical (unpaired) electrons. The van der Waals surface area contributed by atoms with E-state index in [1.807, 2.05) is 0 Å². The van der Waals surface area contributed by atoms with Crippen molar-refractivity contribution in [1.29, 1.82) is 0 Å². The molecule has 1 amide bonds. The van der Waals surface area contributed by atoms with Crippen molar-refractivity contribution in [3.63, 3.8) is 0 Å². The zero-order valence-corrected chi connectivity index (χ0v) is 15.1. The molecule has 1 heterocycles. The van der Waals surface area contributed by atoms with E-state index in [2.05, 4.69) is 5.32 Å². The fraction of sp³-hybridized carbons (Fsp3) is 0.158. The molecule has 1 aromatic heterocycles. The van der Waals surface area contributed by atoms with Gasteiger partial charge in [0.25, 0.3) is 11.6 Å². The SMILES string of the molecule is COc1ccc(CNC(=O)c2cc3ccc([N+](=O)[O-])cc3c(=O)o2)c(OC)c1. The third-order valence-electron chi connectivity index (χ3n) is 4.11. The molecule has 144 valence electrons. The minimum Gasteiger partial charge on any atom is -0.497 e. The Morgan fingerprint density at radius 2 is 1.93 bits per heavy atom. The molecule has 9 heteroatoms. The molecule has 1 N–H and O–H groups in total. The number of nitrogens with one attached hydrogen (secondary N) is 1. The zero-order chi connectivity index (χ0) is 20.3. The van der Waals surface area contributed by atoms with Crippen LogP contribution < -0.4 is 20.4 Å². The van der Waals surface area contributed by atoms with Crippen LogP contribution in [0, 0.1) is 10.1 Å². The fourth-order valence-corrected chi connectivity index (χ4v) is 2.66. The van der Waals surface area contributed by atoms with Gasteiger partial charge < -0.3 is 19.2 Å². The predicted octanol–water partition coefficient (Wildman–Crippen LogP) is 2.65. The molecule has 0 aliphatic carbocycles. The second-order valence-electron chi connectivity index (χ2n) is 5.79. The maximum atomic E-state index is 12.4. The number of fused-ring (bicyclic) bond motifs is 1. The average molecular weight is 384 g/mol. The number of nitro groups is 1. The van der Waals surface area contributed by atoms with Crippen molar-refractivity contribution in [3.8, 4) is 11.5 Å². The van der Waals surface area contributed by atoms with Crippen LogP contribution in [-0.4, -0.2) is 25.1 Å². The predicted molar refractivity (Wildman–Crippen MR) is 99.9 cm³/mol. The van der Waals surface area contributed by atoms with Crippen LogP contribution in [-0.2, 0) is 6.54 Å². The number of methoxy groups -OCH3 is 2. The van der Waals surface area contributed by atoms with Gasteiger partial charge in [-0.05, 0) is 29.7 Å². The van der Waals surface area contributed by atoms with E-state index in [0.717, 1.165) is 6.07 Å². The van der Waals surface area contributed by atoms with E-state index in [4.69, 9.17) is 13.9 Å². The second-order valence-corrected chi connectivity index (χ2v) is 5.79. The number of benzene rings is 2. The summed E-state index contributed by atoms with van der Waals surface area (Å²) in [6.45, 7) is 0.133. The van der Waals surface area contributed by atoms with Crippen molar-refractivity contribution < 1.29 is 23.6 Å². The summed E-state index contributed by atoms with van der Waals surface area (Å²) >= 11 is 0. The summed E-state index contributed by atoms with van der Waals surface area (Å²) in [5, 5.41) is 13.9. The molecule has 2 aromatic carbocycles. The third-order valence-corrected chi connectivity index (χ3v) is 4.11. The average Bonchev–Trinajstić information content (AvgIpc) is 2.71. The Labute approximate surface area is 158 Å². The van der Waals surface area contributed by atoms with Crippen molar-refractivity contribution in [3.05, 3.63) is 74.3 Å². The van der Waals surface area contributed by atoms with E-state index in [9.17, 15) is 19.7 Å². The lowest BCUT2D eigenvalue weighted by Crippen LogP contribution is -2.24. The molecule has 0 aliphatic heterocycles. The summed E-state index contributed by atoms with van der Waals surface area (Å²) in [7, 11) is 3.04. The zero-order valence-electron chi connectivity index (χ0n) is 15.1. The third kappa shape index (κ3) is 3.78. The normalized spacial score (nSPS) is 10.5. The molecular formula is C19H16N2O7. The molecule has 3 rings (SSSR count). The van der Waals surface area contributed by atoms with Crippen molar-refractivity contribution in [1.82, 2.24) is 5.32 Å². The maximum absolute atomic E-state index is 12.4. The highest BCUT2D eigenvalue weighted by Crippen LogP contribution is 2.24. The van der Waals surface area contributed by atoms with Crippen molar-refractivity contribution in [2.24, 2.45) is 0 Å². The van der Waals surface area contributed by atoms with E-state index in [1.54, 1.807) is 18.2 Å². The highest BCUT2D eigenvalue weighted by Gasteiger charge is 2.15. The molecule has 3 aromatic rings. The van der Waals surface area contributed by atoms with Crippen LogP contribution in [0.5, 0.6) is 11.5 Å². The molecule has 9 nitrogen and oxygen atoms in total. The van der Waals surface area contributed by atoms with Crippen molar-refractivity contribution in [2.45, 2.75) is 6.54 Å². The Hall–Kier alpha value is -3.88. The van der Waals surface area contributed by atoms with E-state index < -0.39 is 16.5 Å². The minimum atomic E-state index is -0.826. The number of carbonyl (C=O) groups is 1. The van der Waals surface area contributed by atoms with Gasteiger partial charge in [-0.25, -0.2) is 4.79 Å². The Bertz CT molecular complexity index is 1120. The van der Waals surface area contributed by atoms with Gasteiger partial charge in [-0.15, -0.1) is 0 Å². The molecule has 0 bridgehead atoms. The second kappa shape index (κ2) is 7.78. The van der Waals surface area contributed by atoms with Gasteiger partial charge in [-0.1, -0.05) is 0 Å². The smallest absolute Gasteiger partial charge is 0.344 e. The lowest BCUT2D eigenvalue weighted by Gasteiger charge is -2.11. The molecule has 28 heavy (non-hydrogen) atoms. The van der Waals surface area contributed by atoms with Gasteiger partial charge in [0.1, 0.15) is 11.5 Å². The van der Waals surface area contributed by atoms with Gasteiger partial charge in [0.15, 0.2) is 5.76 Å². The first-order valence-electron chi connectivity index (χ1n) is 8.14. The first kappa shape index (κ1) is 18.9. The van der Waals surface area contributed by atoms with Crippen LogP contribution in [0.3, 0.4) is 0 Å². The first-order valence-corrected chi connectivity index (χ1v) is 8.14. The monoisotopic (exact) mass is 384 g/mol. The summed E-state index contributed by atoms with van der Waals surface area (Å²) in [6, 6.07) is 10.3. The Kier molecular flexibility index (Phi) is 5.25. The highest BCUT2D eigenvalue weighted by atomic mass is 16.6. The largest absolute Gasteiger partial charge is 0.497 e. The Morgan fingerprint density at radius 3 is 2.61 bits per heavy atom. The van der Waals surface area contributed by atoms with Crippen LogP contribution in [0.4, 0.5) is 5.69 Å². The highest BCUT2D eigenvalue weighted by molar-refractivity contribution is 5.95. The number of hydrogen-bond donors (Lipinski definition) is 1. The van der Waals surface area contributed by atoms with Crippen LogP contribution in [0.2, 0.25) is 0 Å². The van der Waals surface area contributed by atoms with Crippen molar-refractivity contribution >= 4 is 22.4 Å². The standard InChI is InChI=1S/C19H16N2O7/c1-26-14-6-4-12(16(9-14)27-2)10-20-18(22)17-7-11-3-5-13(21(24)25)8-15(11)19(23)28-17/h3-9H,10H2,1-2H3,(H,20,22). The van der Waals surface area contributed by atoms with Gasteiger partial charge in [-0.3, -0.25) is 14.9 Å². The van der Waals surface area contributed by atoms with Gasteiger partial charge in [-0.2, -0.15) is 0 Å². The van der Waals surface area contributed by atoms with Crippen LogP contribution in [0.25, 0.3) is 10.8 Å². The Balaban J connectivity index is 1.83. The maximum Gasteiger partial charge on any atom is 0.344 e. The molecular weight excluding hydrogens is 368 g/mol. The summed E-state index contributed by atoms with van der Waals surface area (Å²) < 4.78 is 15.4. The number of carbonyl (C=O) groups excluding carboxylic acids is 1. The molecule has 0 unspecified atom stereocenters. The molecule has 0 saturated carbocycles. The van der Waals surface area contributed by atoms with Crippen LogP contribution >= 0.6 is 0 Å². The van der Waals surface area contributed by atoms with E-state index in [0.29, 0.717) is 22.4 Å². The van der Waals surface area contributed by atoms with E-state index >= 15 is 0 Å². The summed E-state index contributed by atoms with van der Waals surface area (Å²) in [5.74, 6) is 0.350. The van der Waals surface area contributed by atoms with Gasteiger partial charge in [0, 0.05) is 30.3 Å². The van der Waals surface area contributed by atoms with E-state index in [-0.39, 0.29) is 23.4 Å². The molecule has 0 aliphatic rings. The summed E-state index contributed by atoms with van der Waals surface area (Å²) in [4.78, 5) is 34.7. The number of nitro benzene ring substituents is 1. The topological polar surface area (TPSA) is 121 Å². The number of hydrogen-bond acceptors (Lipinski definition) is 7. The summed E-state index contributed by atoms with van der Waals surface area (Å²) in [6.07, 6.45) is 0. The van der Waals surface area contributed by atoms with Crippen LogP contribution in [0.15, 0.2) is 51.7 Å². The van der Waals surface area contributed by atoms with Crippen LogP contribution in [0.1, 0.15) is 16.1 Å². The van der Waals surface area contributed by atoms with E-state index in [1.165, 1.54) is 32.4 Å². The number of ether oxygens (including phenoxy) is 2.